The molecule has 4 nitrogen and oxygen atoms in total. The molecule has 0 radical (unpaired) electrons. The quantitative estimate of drug-likeness (QED) is 0.669. The van der Waals surface area contributed by atoms with Crippen molar-refractivity contribution >= 4 is 0 Å². The maximum Gasteiger partial charge on any atom is 0.419 e. The summed E-state index contributed by atoms with van der Waals surface area (Å²) in [5.74, 6) is -0.504. The molecule has 0 aromatic carbocycles. The average Bonchev–Trinajstić information content (AvgIpc) is 2.09. The molecule has 1 rings (SSSR count). The minimum absolute atomic E-state index is 0.288. The van der Waals surface area contributed by atoms with Crippen LogP contribution in [-0.4, -0.2) is 10.1 Å². The van der Waals surface area contributed by atoms with Gasteiger partial charge in [-0.2, -0.15) is 0 Å². The van der Waals surface area contributed by atoms with Gasteiger partial charge in [-0.1, -0.05) is 13.8 Å². The summed E-state index contributed by atoms with van der Waals surface area (Å²) in [6, 6.07) is 0. The Hall–Kier alpha value is -1.19. The highest BCUT2D eigenvalue weighted by Gasteiger charge is 2.08. The molecule has 0 aliphatic heterocycles. The summed E-state index contributed by atoms with van der Waals surface area (Å²) in [6.07, 6.45) is 0.623. The minimum atomic E-state index is -0.599. The lowest BCUT2D eigenvalue weighted by Gasteiger charge is -1.99. The second-order valence-corrected chi connectivity index (χ2v) is 2.90. The molecule has 0 saturated heterocycles. The number of nitrogens with one attached hydrogen (secondary N) is 1. The van der Waals surface area contributed by atoms with Gasteiger partial charge in [0, 0.05) is 0 Å². The monoisotopic (exact) mass is 157 g/mol. The third-order valence-corrected chi connectivity index (χ3v) is 1.31. The van der Waals surface area contributed by atoms with Crippen LogP contribution in [-0.2, 0) is 6.42 Å². The second kappa shape index (κ2) is 2.82. The van der Waals surface area contributed by atoms with Gasteiger partial charge in [0.15, 0.2) is 0 Å². The van der Waals surface area contributed by atoms with Crippen molar-refractivity contribution in [2.24, 2.45) is 5.92 Å². The van der Waals surface area contributed by atoms with Crippen molar-refractivity contribution in [2.75, 3.05) is 0 Å². The van der Waals surface area contributed by atoms with Gasteiger partial charge in [0.25, 0.3) is 0 Å². The number of rotatable bonds is 2. The molecule has 0 aliphatic carbocycles. The molecule has 0 fully saturated rings. The number of hydrogen-bond acceptors (Lipinski definition) is 3. The number of aromatic nitrogens is 1. The number of aromatic hydroxyl groups is 1. The van der Waals surface area contributed by atoms with Crippen molar-refractivity contribution in [1.82, 2.24) is 4.98 Å². The first-order valence-electron chi connectivity index (χ1n) is 3.50. The minimum Gasteiger partial charge on any atom is -0.479 e. The number of aromatic amines is 1. The van der Waals surface area contributed by atoms with Gasteiger partial charge in [-0.15, -0.1) is 0 Å². The highest BCUT2D eigenvalue weighted by atomic mass is 16.5. The summed E-state index contributed by atoms with van der Waals surface area (Å²) < 4.78 is 4.36. The van der Waals surface area contributed by atoms with Crippen LogP contribution in [0.4, 0.5) is 0 Å². The first-order valence-corrected chi connectivity index (χ1v) is 3.50. The van der Waals surface area contributed by atoms with Gasteiger partial charge in [-0.3, -0.25) is 4.98 Å². The van der Waals surface area contributed by atoms with Gasteiger partial charge in [-0.05, 0) is 12.3 Å². The molecule has 11 heavy (non-hydrogen) atoms. The molecular formula is C7H11NO3. The van der Waals surface area contributed by atoms with Gasteiger partial charge in [-0.25, -0.2) is 4.79 Å². The van der Waals surface area contributed by atoms with E-state index in [2.05, 4.69) is 9.40 Å². The van der Waals surface area contributed by atoms with Gasteiger partial charge in [0.2, 0.25) is 0 Å². The Morgan fingerprint density at radius 1 is 1.64 bits per heavy atom. The molecule has 1 aromatic heterocycles. The zero-order chi connectivity index (χ0) is 8.43. The van der Waals surface area contributed by atoms with Crippen LogP contribution in [0.5, 0.6) is 5.95 Å². The fraction of sp³-hybridized carbons (Fsp3) is 0.571. The van der Waals surface area contributed by atoms with Crippen molar-refractivity contribution in [3.63, 3.8) is 0 Å². The molecule has 0 atom stereocenters. The van der Waals surface area contributed by atoms with Crippen LogP contribution in [0.1, 0.15) is 19.5 Å². The lowest BCUT2D eigenvalue weighted by atomic mass is 10.1. The Morgan fingerprint density at radius 2 is 2.27 bits per heavy atom. The summed E-state index contributed by atoms with van der Waals surface area (Å²) in [4.78, 5) is 12.9. The van der Waals surface area contributed by atoms with Gasteiger partial charge >= 0.3 is 11.7 Å². The fourth-order valence-electron chi connectivity index (χ4n) is 0.898. The predicted octanol–water partition coefficient (Wildman–Crippen LogP) is 0.872. The standard InChI is InChI=1S/C7H11NO3/c1-4(2)3-5-6(9)11-7(10)8-5/h4,9H,3H2,1-2H3,(H,8,10). The van der Waals surface area contributed by atoms with Gasteiger partial charge < -0.3 is 9.52 Å². The van der Waals surface area contributed by atoms with E-state index in [9.17, 15) is 4.79 Å². The molecule has 0 amide bonds. The normalized spacial score (nSPS) is 10.8. The molecule has 0 saturated carbocycles. The average molecular weight is 157 g/mol. The van der Waals surface area contributed by atoms with Crippen LogP contribution in [0.15, 0.2) is 9.21 Å². The highest BCUT2D eigenvalue weighted by molar-refractivity contribution is 5.11. The molecule has 62 valence electrons. The van der Waals surface area contributed by atoms with E-state index in [0.29, 0.717) is 18.0 Å². The van der Waals surface area contributed by atoms with Crippen molar-refractivity contribution in [1.29, 1.82) is 0 Å². The first-order chi connectivity index (χ1) is 5.09. The predicted molar refractivity (Wildman–Crippen MR) is 39.5 cm³/mol. The Labute approximate surface area is 63.9 Å². The molecule has 1 heterocycles. The molecule has 0 bridgehead atoms. The van der Waals surface area contributed by atoms with Crippen LogP contribution < -0.4 is 5.76 Å². The Bertz CT molecular complexity index is 284. The van der Waals surface area contributed by atoms with Crippen molar-refractivity contribution < 1.29 is 9.52 Å². The molecule has 0 spiro atoms. The summed E-state index contributed by atoms with van der Waals surface area (Å²) in [5, 5.41) is 8.98. The summed E-state index contributed by atoms with van der Waals surface area (Å²) in [6.45, 7) is 3.98. The molecular weight excluding hydrogens is 146 g/mol. The maximum atomic E-state index is 10.5. The summed E-state index contributed by atoms with van der Waals surface area (Å²) >= 11 is 0. The van der Waals surface area contributed by atoms with E-state index in [4.69, 9.17) is 5.11 Å². The smallest absolute Gasteiger partial charge is 0.419 e. The lowest BCUT2D eigenvalue weighted by Crippen LogP contribution is -2.00. The van der Waals surface area contributed by atoms with Crippen LogP contribution in [0, 0.1) is 5.92 Å². The molecule has 4 heteroatoms. The molecule has 0 aliphatic rings. The fourth-order valence-corrected chi connectivity index (χ4v) is 0.898. The van der Waals surface area contributed by atoms with E-state index in [1.54, 1.807) is 0 Å². The lowest BCUT2D eigenvalue weighted by molar-refractivity contribution is 0.314. The Morgan fingerprint density at radius 3 is 2.64 bits per heavy atom. The van der Waals surface area contributed by atoms with Crippen LogP contribution in [0.3, 0.4) is 0 Å². The van der Waals surface area contributed by atoms with Gasteiger partial charge in [0.05, 0.1) is 0 Å². The van der Waals surface area contributed by atoms with Gasteiger partial charge in [0.1, 0.15) is 5.69 Å². The topological polar surface area (TPSA) is 66.2 Å². The van der Waals surface area contributed by atoms with E-state index < -0.39 is 5.76 Å². The van der Waals surface area contributed by atoms with E-state index in [0.717, 1.165) is 0 Å². The molecule has 2 N–H and O–H groups in total. The third kappa shape index (κ3) is 1.86. The highest BCUT2D eigenvalue weighted by Crippen LogP contribution is 2.14. The molecule has 1 aromatic rings. The van der Waals surface area contributed by atoms with E-state index in [1.807, 2.05) is 13.8 Å². The summed E-state index contributed by atoms with van der Waals surface area (Å²) in [7, 11) is 0. The van der Waals surface area contributed by atoms with E-state index >= 15 is 0 Å². The Balaban J connectivity index is 2.86. The SMILES string of the molecule is CC(C)Cc1[nH]c(=O)oc1O. The second-order valence-electron chi connectivity index (χ2n) is 2.90. The zero-order valence-corrected chi connectivity index (χ0v) is 6.55. The van der Waals surface area contributed by atoms with Crippen molar-refractivity contribution in [3.8, 4) is 5.95 Å². The number of hydrogen-bond donors (Lipinski definition) is 2. The largest absolute Gasteiger partial charge is 0.479 e. The third-order valence-electron chi connectivity index (χ3n) is 1.31. The first kappa shape index (κ1) is 7.91. The van der Waals surface area contributed by atoms with E-state index in [-0.39, 0.29) is 5.95 Å². The van der Waals surface area contributed by atoms with E-state index in [1.165, 1.54) is 0 Å². The van der Waals surface area contributed by atoms with Crippen LogP contribution in [0.2, 0.25) is 0 Å². The number of oxazole rings is 1. The number of H-pyrrole nitrogens is 1. The summed E-state index contributed by atoms with van der Waals surface area (Å²) in [5.41, 5.74) is 0.477. The van der Waals surface area contributed by atoms with Crippen LogP contribution >= 0.6 is 0 Å². The maximum absolute atomic E-state index is 10.5. The Kier molecular flexibility index (Phi) is 2.03. The molecule has 0 unspecified atom stereocenters. The van der Waals surface area contributed by atoms with Crippen molar-refractivity contribution in [2.45, 2.75) is 20.3 Å². The zero-order valence-electron chi connectivity index (χ0n) is 6.55. The van der Waals surface area contributed by atoms with Crippen LogP contribution in [0.25, 0.3) is 0 Å². The van der Waals surface area contributed by atoms with Crippen molar-refractivity contribution in [3.05, 3.63) is 16.2 Å².